The topological polar surface area (TPSA) is 75.1 Å². The summed E-state index contributed by atoms with van der Waals surface area (Å²) in [5.74, 6) is 0.957. The average Bonchev–Trinajstić information content (AvgIpc) is 3.09. The number of anilines is 3. The Morgan fingerprint density at radius 1 is 1.26 bits per heavy atom. The van der Waals surface area contributed by atoms with Crippen LogP contribution < -0.4 is 15.5 Å². The lowest BCUT2D eigenvalue weighted by molar-refractivity contribution is -0.144. The molecule has 0 spiro atoms. The zero-order valence-corrected chi connectivity index (χ0v) is 19.5. The van der Waals surface area contributed by atoms with E-state index < -0.39 is 11.9 Å². The van der Waals surface area contributed by atoms with Gasteiger partial charge >= 0.3 is 6.18 Å². The van der Waals surface area contributed by atoms with Crippen LogP contribution in [0.25, 0.3) is 0 Å². The van der Waals surface area contributed by atoms with Crippen LogP contribution in [0.1, 0.15) is 52.9 Å². The fraction of sp³-hybridized carbons (Fsp3) is 0.609. The molecule has 7 nitrogen and oxygen atoms in total. The number of nitrogens with one attached hydrogen (secondary N) is 2. The molecule has 1 amide bonds. The van der Waals surface area contributed by atoms with Crippen molar-refractivity contribution in [3.63, 3.8) is 0 Å². The number of hydrogen-bond acceptors (Lipinski definition) is 5. The Kier molecular flexibility index (Phi) is 9.47. The third kappa shape index (κ3) is 5.61. The minimum Gasteiger partial charge on any atom is -0.367 e. The summed E-state index contributed by atoms with van der Waals surface area (Å²) in [5, 5.41) is 10.2. The highest BCUT2D eigenvalue weighted by atomic mass is 32.1. The summed E-state index contributed by atoms with van der Waals surface area (Å²) < 4.78 is 40.1. The van der Waals surface area contributed by atoms with Crippen molar-refractivity contribution in [1.82, 2.24) is 14.8 Å². The summed E-state index contributed by atoms with van der Waals surface area (Å²) in [6.07, 6.45) is -1.71. The first-order valence-electron chi connectivity index (χ1n) is 10.5. The molecule has 0 unspecified atom stereocenters. The first-order valence-corrected chi connectivity index (χ1v) is 10.5. The maximum absolute atomic E-state index is 13.0. The largest absolute Gasteiger partial charge is 0.433 e. The highest BCUT2D eigenvalue weighted by molar-refractivity contribution is 7.59. The van der Waals surface area contributed by atoms with Gasteiger partial charge in [-0.05, 0) is 37.7 Å². The van der Waals surface area contributed by atoms with E-state index in [1.807, 2.05) is 38.8 Å². The van der Waals surface area contributed by atoms with Crippen molar-refractivity contribution >= 4 is 36.6 Å². The highest BCUT2D eigenvalue weighted by Crippen LogP contribution is 2.38. The van der Waals surface area contributed by atoms with Crippen LogP contribution in [0.15, 0.2) is 18.3 Å². The van der Waals surface area contributed by atoms with Gasteiger partial charge in [-0.1, -0.05) is 28.7 Å². The van der Waals surface area contributed by atoms with Crippen molar-refractivity contribution in [2.45, 2.75) is 73.3 Å². The fourth-order valence-corrected chi connectivity index (χ4v) is 4.61. The number of likely N-dealkylation sites (N-methyl/N-ethyl adjacent to an activating group) is 1. The number of rotatable bonds is 5. The zero-order chi connectivity index (χ0) is 22.5. The molecule has 2 aromatic rings. The molecule has 4 rings (SSSR count). The summed E-state index contributed by atoms with van der Waals surface area (Å²) in [6, 6.07) is 2.82. The number of carbonyl (C=O) groups is 1. The second kappa shape index (κ2) is 10.9. The Morgan fingerprint density at radius 3 is 2.50 bits per heavy atom. The van der Waals surface area contributed by atoms with E-state index in [1.165, 1.54) is 6.20 Å². The molecular weight excluding hydrogens is 465 g/mol. The van der Waals surface area contributed by atoms with Gasteiger partial charge in [0.25, 0.3) is 0 Å². The van der Waals surface area contributed by atoms with Crippen molar-refractivity contribution in [3.05, 3.63) is 29.7 Å². The monoisotopic (exact) mass is 502 g/mol. The molecule has 1 saturated carbocycles. The van der Waals surface area contributed by atoms with E-state index in [-0.39, 0.29) is 64.7 Å². The first kappa shape index (κ1) is 29.6. The molecule has 3 heterocycles. The van der Waals surface area contributed by atoms with Crippen LogP contribution in [0.5, 0.6) is 0 Å². The molecule has 34 heavy (non-hydrogen) atoms. The lowest BCUT2D eigenvalue weighted by Gasteiger charge is -2.39. The molecule has 0 bridgehead atoms. The Balaban J connectivity index is 0.00000193. The van der Waals surface area contributed by atoms with Gasteiger partial charge in [-0.25, -0.2) is 4.98 Å². The van der Waals surface area contributed by atoms with Crippen molar-refractivity contribution < 1.29 is 18.0 Å². The standard InChI is InChI=1S/C21H27F3N6O.2CH4.H2S/c1-11(2)19-20(31)28-18-12(3)26-17(9-15(18)29(19)4)27-14-7-13(8-14)10-30-16(5-6-25-30)21(22,23)24;;;/h5-6,9,11,13-14,19H,7-8,10H2,1-4H3,(H,26,27)(H,28,31);2*1H4;1H2/t13?,14?,19-;;;/m0.../s1. The van der Waals surface area contributed by atoms with Gasteiger partial charge in [-0.3, -0.25) is 9.48 Å². The van der Waals surface area contributed by atoms with Gasteiger partial charge in [0.05, 0.1) is 17.1 Å². The van der Waals surface area contributed by atoms with Gasteiger partial charge in [0.1, 0.15) is 17.6 Å². The lowest BCUT2D eigenvalue weighted by Crippen LogP contribution is -2.49. The number of aryl methyl sites for hydroxylation is 1. The van der Waals surface area contributed by atoms with Crippen LogP contribution in [-0.4, -0.2) is 39.8 Å². The predicted molar refractivity (Wildman–Crippen MR) is 136 cm³/mol. The third-order valence-electron chi connectivity index (χ3n) is 6.15. The zero-order valence-electron chi connectivity index (χ0n) is 18.5. The molecule has 2 aromatic heterocycles. The van der Waals surface area contributed by atoms with Crippen LogP contribution in [-0.2, 0) is 17.5 Å². The Bertz CT molecular complexity index is 988. The Morgan fingerprint density at radius 2 is 1.91 bits per heavy atom. The summed E-state index contributed by atoms with van der Waals surface area (Å²) in [4.78, 5) is 19.0. The summed E-state index contributed by atoms with van der Waals surface area (Å²) in [7, 11) is 1.91. The van der Waals surface area contributed by atoms with Crippen LogP contribution in [0, 0.1) is 18.8 Å². The minimum absolute atomic E-state index is 0. The van der Waals surface area contributed by atoms with Gasteiger partial charge in [0, 0.05) is 31.9 Å². The first-order chi connectivity index (χ1) is 14.5. The van der Waals surface area contributed by atoms with Crippen molar-refractivity contribution in [1.29, 1.82) is 0 Å². The molecular formula is C23H37F3N6OS. The SMILES string of the molecule is C.C.Cc1nc(NC2CC(Cn3nccc3C(F)(F)F)C2)cc2c1NC(=O)[C@H](C(C)C)N2C.S. The number of halogens is 3. The number of nitrogens with zero attached hydrogens (tertiary/aromatic N) is 4. The van der Waals surface area contributed by atoms with Crippen LogP contribution in [0.3, 0.4) is 0 Å². The number of fused-ring (bicyclic) bond motifs is 1. The third-order valence-corrected chi connectivity index (χ3v) is 6.15. The van der Waals surface area contributed by atoms with Crippen LogP contribution in [0.4, 0.5) is 30.4 Å². The molecule has 1 atom stereocenters. The molecule has 1 aliphatic carbocycles. The Labute approximate surface area is 207 Å². The fourth-order valence-electron chi connectivity index (χ4n) is 4.61. The molecule has 11 heteroatoms. The Hall–Kier alpha value is -2.43. The maximum Gasteiger partial charge on any atom is 0.433 e. The van der Waals surface area contributed by atoms with Gasteiger partial charge in [-0.15, -0.1) is 0 Å². The predicted octanol–water partition coefficient (Wildman–Crippen LogP) is 5.29. The molecule has 0 saturated heterocycles. The molecule has 192 valence electrons. The van der Waals surface area contributed by atoms with Gasteiger partial charge in [0.15, 0.2) is 0 Å². The molecule has 1 fully saturated rings. The van der Waals surface area contributed by atoms with Gasteiger partial charge < -0.3 is 15.5 Å². The van der Waals surface area contributed by atoms with Crippen molar-refractivity contribution in [3.8, 4) is 0 Å². The van der Waals surface area contributed by atoms with E-state index in [0.717, 1.165) is 40.7 Å². The maximum atomic E-state index is 13.0. The van der Waals surface area contributed by atoms with Gasteiger partial charge in [-0.2, -0.15) is 31.8 Å². The lowest BCUT2D eigenvalue weighted by atomic mass is 9.80. The number of amides is 1. The summed E-state index contributed by atoms with van der Waals surface area (Å²) in [5.41, 5.74) is 1.65. The summed E-state index contributed by atoms with van der Waals surface area (Å²) >= 11 is 0. The minimum atomic E-state index is -4.39. The van der Waals surface area contributed by atoms with E-state index >= 15 is 0 Å². The highest BCUT2D eigenvalue weighted by Gasteiger charge is 2.38. The van der Waals surface area contributed by atoms with E-state index in [0.29, 0.717) is 5.82 Å². The smallest absolute Gasteiger partial charge is 0.367 e. The van der Waals surface area contributed by atoms with E-state index in [2.05, 4.69) is 20.7 Å². The molecule has 0 radical (unpaired) electrons. The summed E-state index contributed by atoms with van der Waals surface area (Å²) in [6.45, 7) is 6.13. The van der Waals surface area contributed by atoms with Crippen molar-refractivity contribution in [2.24, 2.45) is 11.8 Å². The van der Waals surface area contributed by atoms with Crippen molar-refractivity contribution in [2.75, 3.05) is 22.6 Å². The second-order valence-electron chi connectivity index (χ2n) is 8.85. The number of carbonyl (C=O) groups excluding carboxylic acids is 1. The molecule has 2 N–H and O–H groups in total. The van der Waals surface area contributed by atoms with E-state index in [4.69, 9.17) is 0 Å². The van der Waals surface area contributed by atoms with E-state index in [1.54, 1.807) is 0 Å². The number of aromatic nitrogens is 3. The normalized spacial score (nSPS) is 21.4. The average molecular weight is 503 g/mol. The number of pyridine rings is 1. The van der Waals surface area contributed by atoms with Crippen LogP contribution >= 0.6 is 13.5 Å². The second-order valence-corrected chi connectivity index (χ2v) is 8.85. The molecule has 2 aliphatic rings. The van der Waals surface area contributed by atoms with E-state index in [9.17, 15) is 18.0 Å². The number of alkyl halides is 3. The molecule has 0 aromatic carbocycles. The molecule has 1 aliphatic heterocycles. The number of hydrogen-bond donors (Lipinski definition) is 2. The quantitative estimate of drug-likeness (QED) is 0.581. The van der Waals surface area contributed by atoms with Crippen LogP contribution in [0.2, 0.25) is 0 Å². The van der Waals surface area contributed by atoms with Gasteiger partial charge in [0.2, 0.25) is 5.91 Å².